The molecule has 0 radical (unpaired) electrons. The molecule has 4 heteroatoms. The zero-order valence-electron chi connectivity index (χ0n) is 8.84. The van der Waals surface area contributed by atoms with Crippen LogP contribution in [-0.2, 0) is 0 Å². The molecule has 0 saturated heterocycles. The van der Waals surface area contributed by atoms with E-state index in [2.05, 4.69) is 20.9 Å². The molecule has 82 valence electrons. The average Bonchev–Trinajstić information content (AvgIpc) is 2.26. The Bertz CT molecular complexity index is 595. The van der Waals surface area contributed by atoms with Crippen molar-refractivity contribution in [2.45, 2.75) is 13.8 Å². The van der Waals surface area contributed by atoms with Crippen LogP contribution >= 0.6 is 27.5 Å². The first-order chi connectivity index (χ1) is 7.54. The van der Waals surface area contributed by atoms with Gasteiger partial charge in [0.15, 0.2) is 6.29 Å². The van der Waals surface area contributed by atoms with E-state index in [1.165, 1.54) is 0 Å². The number of hydrogen-bond donors (Lipinski definition) is 0. The van der Waals surface area contributed by atoms with Crippen molar-refractivity contribution >= 4 is 44.7 Å². The zero-order valence-corrected chi connectivity index (χ0v) is 11.2. The number of aldehydes is 1. The van der Waals surface area contributed by atoms with Crippen LogP contribution in [0, 0.1) is 13.8 Å². The van der Waals surface area contributed by atoms with Crippen molar-refractivity contribution in [3.05, 3.63) is 38.4 Å². The predicted molar refractivity (Wildman–Crippen MR) is 69.3 cm³/mol. The number of rotatable bonds is 1. The van der Waals surface area contributed by atoms with E-state index in [-0.39, 0.29) is 5.15 Å². The molecular weight excluding hydrogens is 289 g/mol. The summed E-state index contributed by atoms with van der Waals surface area (Å²) in [5.74, 6) is 0. The minimum absolute atomic E-state index is 0.253. The van der Waals surface area contributed by atoms with Crippen LogP contribution in [0.3, 0.4) is 0 Å². The van der Waals surface area contributed by atoms with Gasteiger partial charge in [0.25, 0.3) is 0 Å². The predicted octanol–water partition coefficient (Wildman–Crippen LogP) is 4.08. The molecule has 0 bridgehead atoms. The molecule has 0 amide bonds. The molecule has 0 aliphatic heterocycles. The van der Waals surface area contributed by atoms with Gasteiger partial charge in [0.05, 0.1) is 11.1 Å². The number of hydrogen-bond acceptors (Lipinski definition) is 2. The molecule has 1 aromatic heterocycles. The number of aryl methyl sites for hydroxylation is 2. The Morgan fingerprint density at radius 1 is 1.38 bits per heavy atom. The highest BCUT2D eigenvalue weighted by atomic mass is 79.9. The van der Waals surface area contributed by atoms with E-state index in [1.807, 2.05) is 19.9 Å². The summed E-state index contributed by atoms with van der Waals surface area (Å²) in [5.41, 5.74) is 3.41. The molecule has 1 aromatic carbocycles. The molecule has 16 heavy (non-hydrogen) atoms. The molecule has 0 unspecified atom stereocenters. The van der Waals surface area contributed by atoms with Crippen molar-refractivity contribution < 1.29 is 4.79 Å². The SMILES string of the molecule is Cc1cc2nc(Cl)c(C=O)cc2c(C)c1Br. The molecule has 0 aliphatic rings. The average molecular weight is 299 g/mol. The maximum atomic E-state index is 10.8. The molecule has 0 spiro atoms. The summed E-state index contributed by atoms with van der Waals surface area (Å²) in [6.07, 6.45) is 0.724. The van der Waals surface area contributed by atoms with Crippen LogP contribution < -0.4 is 0 Å². The van der Waals surface area contributed by atoms with Crippen molar-refractivity contribution in [3.8, 4) is 0 Å². The smallest absolute Gasteiger partial charge is 0.153 e. The van der Waals surface area contributed by atoms with Crippen molar-refractivity contribution in [3.63, 3.8) is 0 Å². The third-order valence-electron chi connectivity index (χ3n) is 2.59. The van der Waals surface area contributed by atoms with E-state index in [9.17, 15) is 4.79 Å². The number of carbonyl (C=O) groups excluding carboxylic acids is 1. The summed E-state index contributed by atoms with van der Waals surface area (Å²) < 4.78 is 1.04. The summed E-state index contributed by atoms with van der Waals surface area (Å²) in [4.78, 5) is 15.0. The number of nitrogens with zero attached hydrogens (tertiary/aromatic N) is 1. The fraction of sp³-hybridized carbons (Fsp3) is 0.167. The molecule has 0 fully saturated rings. The van der Waals surface area contributed by atoms with E-state index < -0.39 is 0 Å². The molecule has 0 atom stereocenters. The summed E-state index contributed by atoms with van der Waals surface area (Å²) in [6.45, 7) is 3.99. The van der Waals surface area contributed by atoms with E-state index in [0.29, 0.717) is 5.56 Å². The minimum Gasteiger partial charge on any atom is -0.298 e. The Morgan fingerprint density at radius 3 is 2.69 bits per heavy atom. The second kappa shape index (κ2) is 4.15. The highest BCUT2D eigenvalue weighted by Gasteiger charge is 2.09. The number of carbonyl (C=O) groups is 1. The second-order valence-corrected chi connectivity index (χ2v) is 4.84. The van der Waals surface area contributed by atoms with E-state index in [0.717, 1.165) is 32.8 Å². The molecule has 0 aliphatic carbocycles. The summed E-state index contributed by atoms with van der Waals surface area (Å²) in [5, 5.41) is 1.20. The Morgan fingerprint density at radius 2 is 2.06 bits per heavy atom. The third kappa shape index (κ3) is 1.74. The van der Waals surface area contributed by atoms with E-state index in [1.54, 1.807) is 6.07 Å². The highest BCUT2D eigenvalue weighted by molar-refractivity contribution is 9.10. The Kier molecular flexibility index (Phi) is 3.00. The van der Waals surface area contributed by atoms with Crippen LogP contribution in [0.2, 0.25) is 5.15 Å². The highest BCUT2D eigenvalue weighted by Crippen LogP contribution is 2.30. The lowest BCUT2D eigenvalue weighted by Gasteiger charge is -2.08. The van der Waals surface area contributed by atoms with Gasteiger partial charge in [0, 0.05) is 9.86 Å². The first kappa shape index (κ1) is 11.6. The lowest BCUT2D eigenvalue weighted by atomic mass is 10.0. The fourth-order valence-corrected chi connectivity index (χ4v) is 2.21. The van der Waals surface area contributed by atoms with Gasteiger partial charge >= 0.3 is 0 Å². The van der Waals surface area contributed by atoms with Gasteiger partial charge in [-0.1, -0.05) is 27.5 Å². The van der Waals surface area contributed by atoms with Gasteiger partial charge in [-0.2, -0.15) is 0 Å². The first-order valence-electron chi connectivity index (χ1n) is 4.75. The molecule has 0 N–H and O–H groups in total. The standard InChI is InChI=1S/C12H9BrClNO/c1-6-3-10-9(7(2)11(6)13)4-8(5-16)12(14)15-10/h3-5H,1-2H3. The number of aromatic nitrogens is 1. The third-order valence-corrected chi connectivity index (χ3v) is 4.12. The topological polar surface area (TPSA) is 30.0 Å². The van der Waals surface area contributed by atoms with Crippen molar-refractivity contribution in [2.24, 2.45) is 0 Å². The monoisotopic (exact) mass is 297 g/mol. The van der Waals surface area contributed by atoms with Crippen LogP contribution in [0.5, 0.6) is 0 Å². The molecule has 2 aromatic rings. The number of fused-ring (bicyclic) bond motifs is 1. The van der Waals surface area contributed by atoms with Gasteiger partial charge in [-0.3, -0.25) is 4.79 Å². The van der Waals surface area contributed by atoms with Gasteiger partial charge in [-0.05, 0) is 37.1 Å². The van der Waals surface area contributed by atoms with Crippen molar-refractivity contribution in [1.82, 2.24) is 4.98 Å². The van der Waals surface area contributed by atoms with Gasteiger partial charge < -0.3 is 0 Å². The Labute approximate surface area is 107 Å². The lowest BCUT2D eigenvalue weighted by molar-refractivity contribution is 0.112. The van der Waals surface area contributed by atoms with Gasteiger partial charge in [0.2, 0.25) is 0 Å². The molecule has 0 saturated carbocycles. The van der Waals surface area contributed by atoms with Crippen molar-refractivity contribution in [1.29, 1.82) is 0 Å². The van der Waals surface area contributed by atoms with Gasteiger partial charge in [-0.25, -0.2) is 4.98 Å². The maximum Gasteiger partial charge on any atom is 0.153 e. The minimum atomic E-state index is 0.253. The van der Waals surface area contributed by atoms with E-state index in [4.69, 9.17) is 11.6 Å². The summed E-state index contributed by atoms with van der Waals surface area (Å²) in [7, 11) is 0. The normalized spacial score (nSPS) is 10.8. The summed E-state index contributed by atoms with van der Waals surface area (Å²) in [6, 6.07) is 3.73. The lowest BCUT2D eigenvalue weighted by Crippen LogP contribution is -1.92. The van der Waals surface area contributed by atoms with Crippen LogP contribution in [-0.4, -0.2) is 11.3 Å². The van der Waals surface area contributed by atoms with Crippen LogP contribution in [0.4, 0.5) is 0 Å². The molecule has 2 rings (SSSR count). The number of halogens is 2. The van der Waals surface area contributed by atoms with E-state index >= 15 is 0 Å². The summed E-state index contributed by atoms with van der Waals surface area (Å²) >= 11 is 9.41. The van der Waals surface area contributed by atoms with Crippen LogP contribution in [0.25, 0.3) is 10.9 Å². The number of pyridine rings is 1. The van der Waals surface area contributed by atoms with Crippen molar-refractivity contribution in [2.75, 3.05) is 0 Å². The number of benzene rings is 1. The molecule has 2 nitrogen and oxygen atoms in total. The zero-order chi connectivity index (χ0) is 11.9. The second-order valence-electron chi connectivity index (χ2n) is 3.69. The largest absolute Gasteiger partial charge is 0.298 e. The van der Waals surface area contributed by atoms with Crippen LogP contribution in [0.15, 0.2) is 16.6 Å². The Balaban J connectivity index is 2.92. The first-order valence-corrected chi connectivity index (χ1v) is 5.93. The molecule has 1 heterocycles. The Hall–Kier alpha value is -0.930. The van der Waals surface area contributed by atoms with Gasteiger partial charge in [-0.15, -0.1) is 0 Å². The quantitative estimate of drug-likeness (QED) is 0.586. The fourth-order valence-electron chi connectivity index (χ4n) is 1.69. The maximum absolute atomic E-state index is 10.8. The van der Waals surface area contributed by atoms with Gasteiger partial charge in [0.1, 0.15) is 5.15 Å². The molecular formula is C12H9BrClNO. The van der Waals surface area contributed by atoms with Crippen LogP contribution in [0.1, 0.15) is 21.5 Å².